The summed E-state index contributed by atoms with van der Waals surface area (Å²) in [4.78, 5) is 29.6. The fraction of sp³-hybridized carbons (Fsp3) is 0.621. The number of ketones is 1. The number of hydrogen-bond acceptors (Lipinski definition) is 5. The van der Waals surface area contributed by atoms with Crippen molar-refractivity contribution in [1.82, 2.24) is 19.9 Å². The molecule has 5 heteroatoms. The van der Waals surface area contributed by atoms with Crippen molar-refractivity contribution in [3.63, 3.8) is 0 Å². The highest BCUT2D eigenvalue weighted by atomic mass is 16.1. The molecule has 0 radical (unpaired) electrons. The van der Waals surface area contributed by atoms with Crippen molar-refractivity contribution in [2.75, 3.05) is 0 Å². The summed E-state index contributed by atoms with van der Waals surface area (Å²) in [5, 5.41) is 0. The Morgan fingerprint density at radius 1 is 0.250 bits per heavy atom. The summed E-state index contributed by atoms with van der Waals surface area (Å²) in [5.41, 5.74) is 21.7. The van der Waals surface area contributed by atoms with Gasteiger partial charge < -0.3 is 0 Å². The molecule has 0 aliphatic rings. The van der Waals surface area contributed by atoms with Crippen molar-refractivity contribution in [3.8, 4) is 0 Å². The number of aryl methyl sites for hydroxylation is 2. The number of Topliss-reactive ketones (excluding diaryl/α,β-unsaturated/α-hetero) is 1. The predicted molar refractivity (Wildman–Crippen MR) is 479 cm³/mol. The van der Waals surface area contributed by atoms with Crippen molar-refractivity contribution in [3.05, 3.63) is 225 Å². The summed E-state index contributed by atoms with van der Waals surface area (Å²) in [6, 6.07) is 44.2. The minimum absolute atomic E-state index is 0.140. The Morgan fingerprint density at radius 3 is 0.843 bits per heavy atom. The van der Waals surface area contributed by atoms with Gasteiger partial charge in [-0.3, -0.25) is 24.7 Å². The molecule has 0 N–H and O–H groups in total. The second-order valence-corrected chi connectivity index (χ2v) is 46.3. The zero-order valence-electron chi connectivity index (χ0n) is 78.2. The van der Waals surface area contributed by atoms with E-state index in [1.165, 1.54) is 92.0 Å². The highest BCUT2D eigenvalue weighted by molar-refractivity contribution is 5.85. The molecule has 0 amide bonds. The van der Waals surface area contributed by atoms with Gasteiger partial charge >= 0.3 is 0 Å². The molecule has 0 saturated heterocycles. The normalized spacial score (nSPS) is 12.9. The lowest BCUT2D eigenvalue weighted by Crippen LogP contribution is -2.22. The predicted octanol–water partition coefficient (Wildman–Crippen LogP) is 29.6. The lowest BCUT2D eigenvalue weighted by Gasteiger charge is -2.24. The average molecular weight is 1480 g/mol. The third-order valence-corrected chi connectivity index (χ3v) is 18.4. The first kappa shape index (κ1) is 99.9. The van der Waals surface area contributed by atoms with Gasteiger partial charge in [0.05, 0.1) is 0 Å². The number of carbonyl (C=O) groups excluding carboxylic acids is 1. The standard InChI is InChI=1S/C16H25NO.C16H26.C15H25N.C15H24.C14H23N.C14H22.C13H21N/c1-15(2,3)11-12-7-8-17-13(9-12)10-14(18)16(4,5)6;1-15(2,3)11-10-13-8-7-9-14(12-13)16(4,5)6;1-14(2,3)9-7-12-8-10-16-13(11-12)15(4,5)6;1-14(2,3)11-12-8-7-9-13(10-12)15(4,5)6;1-13(2,3)10-11-7-8-15-12(9-11)14(4,5)6;1-13(2,3)11-8-7-9-12(10-11)14(4,5)6;1-12(2,3)10-7-8-14-11(9-10)13(4,5)6/h7-9H,10-11H2,1-6H3;7-9,12H,10-11H2,1-6H3;8,10-11H,7,9H2,1-6H3;7-10H,11H2,1-6H3;7-9H,10H2,1-6H3;7-10H,1-6H3;7-9H,1-6H3. The lowest BCUT2D eigenvalue weighted by atomic mass is 9.81. The molecular weight excluding hydrogens is 1310 g/mol. The molecule has 0 bridgehead atoms. The number of rotatable bonds is 9. The molecule has 5 nitrogen and oxygen atoms in total. The van der Waals surface area contributed by atoms with Crippen LogP contribution in [0.1, 0.15) is 382 Å². The van der Waals surface area contributed by atoms with Gasteiger partial charge in [-0.15, -0.1) is 0 Å². The largest absolute Gasteiger partial charge is 0.299 e. The van der Waals surface area contributed by atoms with Crippen LogP contribution < -0.4 is 0 Å². The Balaban J connectivity index is 0.000000631. The third kappa shape index (κ3) is 44.1. The molecule has 4 heterocycles. The third-order valence-electron chi connectivity index (χ3n) is 18.4. The molecule has 0 aliphatic carbocycles. The molecule has 0 unspecified atom stereocenters. The van der Waals surface area contributed by atoms with Crippen molar-refractivity contribution >= 4 is 5.78 Å². The Labute approximate surface area is 669 Å². The van der Waals surface area contributed by atoms with E-state index in [-0.39, 0.29) is 59.9 Å². The first-order valence-electron chi connectivity index (χ1n) is 40.9. The van der Waals surface area contributed by atoms with E-state index in [1.807, 2.05) is 51.6 Å². The lowest BCUT2D eigenvalue weighted by molar-refractivity contribution is -0.125. The summed E-state index contributed by atoms with van der Waals surface area (Å²) >= 11 is 0. The minimum atomic E-state index is -0.290. The second-order valence-electron chi connectivity index (χ2n) is 46.3. The van der Waals surface area contributed by atoms with E-state index in [1.54, 1.807) is 0 Å². The Hall–Kier alpha value is -6.07. The van der Waals surface area contributed by atoms with Gasteiger partial charge in [0.25, 0.3) is 0 Å². The number of nitrogens with zero attached hydrogens (tertiary/aromatic N) is 4. The molecule has 0 fully saturated rings. The van der Waals surface area contributed by atoms with E-state index in [0.29, 0.717) is 28.1 Å². The molecule has 7 rings (SSSR count). The topological polar surface area (TPSA) is 68.6 Å². The van der Waals surface area contributed by atoms with E-state index in [2.05, 4.69) is 405 Å². The maximum absolute atomic E-state index is 12.0. The van der Waals surface area contributed by atoms with Gasteiger partial charge in [0.15, 0.2) is 0 Å². The fourth-order valence-electron chi connectivity index (χ4n) is 11.2. The first-order valence-corrected chi connectivity index (χ1v) is 40.9. The van der Waals surface area contributed by atoms with Crippen molar-refractivity contribution < 1.29 is 4.79 Å². The highest BCUT2D eigenvalue weighted by Crippen LogP contribution is 2.33. The molecule has 108 heavy (non-hydrogen) atoms. The zero-order chi connectivity index (χ0) is 84.1. The number of carbonyl (C=O) groups is 1. The molecule has 0 atom stereocenters. The highest BCUT2D eigenvalue weighted by Gasteiger charge is 2.26. The summed E-state index contributed by atoms with van der Waals surface area (Å²) < 4.78 is 0. The molecule has 604 valence electrons. The number of benzene rings is 3. The van der Waals surface area contributed by atoms with E-state index >= 15 is 0 Å². The Bertz CT molecular complexity index is 3500. The van der Waals surface area contributed by atoms with Crippen LogP contribution in [0.4, 0.5) is 0 Å². The number of aromatic nitrogens is 4. The Kier molecular flexibility index (Phi) is 36.9. The van der Waals surface area contributed by atoms with Crippen molar-refractivity contribution in [2.24, 2.45) is 32.5 Å². The van der Waals surface area contributed by atoms with Crippen LogP contribution in [0.3, 0.4) is 0 Å². The summed E-state index contributed by atoms with van der Waals surface area (Å²) in [6.07, 6.45) is 16.1. The maximum Gasteiger partial charge on any atom is 0.144 e. The monoisotopic (exact) mass is 1480 g/mol. The van der Waals surface area contributed by atoms with Crippen molar-refractivity contribution in [2.45, 2.75) is 385 Å². The quantitative estimate of drug-likeness (QED) is 0.144. The van der Waals surface area contributed by atoms with Gasteiger partial charge in [-0.25, -0.2) is 0 Å². The van der Waals surface area contributed by atoms with Gasteiger partial charge in [-0.2, -0.15) is 0 Å². The van der Waals surface area contributed by atoms with Crippen LogP contribution in [0.2, 0.25) is 0 Å². The van der Waals surface area contributed by atoms with Crippen LogP contribution in [0.25, 0.3) is 0 Å². The molecule has 7 aromatic rings. The van der Waals surface area contributed by atoms with E-state index in [0.717, 1.165) is 31.4 Å². The van der Waals surface area contributed by atoms with E-state index < -0.39 is 0 Å². The smallest absolute Gasteiger partial charge is 0.144 e. The van der Waals surface area contributed by atoms with Crippen LogP contribution in [-0.2, 0) is 86.6 Å². The van der Waals surface area contributed by atoms with Crippen LogP contribution in [0, 0.1) is 32.5 Å². The fourth-order valence-corrected chi connectivity index (χ4v) is 11.2. The number of hydrogen-bond donors (Lipinski definition) is 0. The van der Waals surface area contributed by atoms with Crippen molar-refractivity contribution in [1.29, 1.82) is 0 Å². The first-order chi connectivity index (χ1) is 48.2. The summed E-state index contributed by atoms with van der Waals surface area (Å²) in [7, 11) is 0. The van der Waals surface area contributed by atoms with Gasteiger partial charge in [0.2, 0.25) is 0 Å². The average Bonchev–Trinajstić information content (AvgIpc) is 0.841. The minimum Gasteiger partial charge on any atom is -0.299 e. The second kappa shape index (κ2) is 39.9. The van der Waals surface area contributed by atoms with Crippen LogP contribution >= 0.6 is 0 Å². The number of pyridine rings is 4. The summed E-state index contributed by atoms with van der Waals surface area (Å²) in [6.45, 7) is 93.7. The molecular formula is C103H166N4O. The molecule has 0 saturated carbocycles. The van der Waals surface area contributed by atoms with E-state index in [9.17, 15) is 4.79 Å². The van der Waals surface area contributed by atoms with Gasteiger partial charge in [0, 0.05) is 75.6 Å². The van der Waals surface area contributed by atoms with Crippen LogP contribution in [-0.4, -0.2) is 25.7 Å². The molecule has 4 aromatic heterocycles. The summed E-state index contributed by atoms with van der Waals surface area (Å²) in [5.74, 6) is 0.239. The maximum atomic E-state index is 12.0. The van der Waals surface area contributed by atoms with Crippen LogP contribution in [0.5, 0.6) is 0 Å². The van der Waals surface area contributed by atoms with Gasteiger partial charge in [0.1, 0.15) is 5.78 Å². The van der Waals surface area contributed by atoms with Gasteiger partial charge in [-0.1, -0.05) is 364 Å². The van der Waals surface area contributed by atoms with Gasteiger partial charge in [-0.05, 0) is 203 Å². The van der Waals surface area contributed by atoms with Crippen LogP contribution in [0.15, 0.2) is 146 Å². The zero-order valence-corrected chi connectivity index (χ0v) is 78.2. The Morgan fingerprint density at radius 2 is 0.509 bits per heavy atom. The SMILES string of the molecule is CC(C)(C)CCc1cccc(C(C)(C)C)c1.CC(C)(C)CCc1ccnc(C(C)(C)C)c1.CC(C)(C)Cc1cccc(C(C)(C)C)c1.CC(C)(C)Cc1ccnc(C(C)(C)C)c1.CC(C)(C)Cc1ccnc(CC(=O)C(C)(C)C)c1.CC(C)(C)c1cccc(C(C)(C)C)c1.CC(C)(C)c1ccnc(C(C)(C)C)c1. The molecule has 0 spiro atoms. The molecule has 0 aliphatic heterocycles. The molecule has 3 aromatic carbocycles. The van der Waals surface area contributed by atoms with E-state index in [4.69, 9.17) is 0 Å².